The average molecular weight is 276 g/mol. The number of nitrogen functional groups attached to an aromatic ring is 1. The smallest absolute Gasteiger partial charge is 0.336 e. The van der Waals surface area contributed by atoms with Crippen LogP contribution in [-0.2, 0) is 0 Å². The minimum atomic E-state index is -1.19. The van der Waals surface area contributed by atoms with Crippen LogP contribution < -0.4 is 5.73 Å². The van der Waals surface area contributed by atoms with Crippen LogP contribution in [0.15, 0.2) is 42.5 Å². The van der Waals surface area contributed by atoms with Gasteiger partial charge in [0.1, 0.15) is 0 Å². The second kappa shape index (κ2) is 5.12. The van der Waals surface area contributed by atoms with Crippen molar-refractivity contribution >= 4 is 29.0 Å². The highest BCUT2D eigenvalue weighted by Crippen LogP contribution is 2.22. The number of nitrogens with two attached hydrogens (primary N) is 1. The van der Waals surface area contributed by atoms with Gasteiger partial charge >= 0.3 is 5.97 Å². The number of rotatable bonds is 3. The van der Waals surface area contributed by atoms with Crippen LogP contribution in [0.3, 0.4) is 0 Å². The number of halogens is 1. The fraction of sp³-hybridized carbons (Fsp3) is 0. The van der Waals surface area contributed by atoms with Crippen molar-refractivity contribution < 1.29 is 14.7 Å². The second-order valence-electron chi connectivity index (χ2n) is 3.91. The number of carbonyl (C=O) groups excluding carboxylic acids is 1. The van der Waals surface area contributed by atoms with Crippen LogP contribution in [0.4, 0.5) is 5.69 Å². The van der Waals surface area contributed by atoms with Crippen molar-refractivity contribution in [1.29, 1.82) is 0 Å². The van der Waals surface area contributed by atoms with E-state index in [1.54, 1.807) is 12.1 Å². The van der Waals surface area contributed by atoms with Crippen molar-refractivity contribution in [2.24, 2.45) is 0 Å². The molecule has 0 atom stereocenters. The number of carbonyl (C=O) groups is 2. The zero-order valence-electron chi connectivity index (χ0n) is 9.76. The van der Waals surface area contributed by atoms with Gasteiger partial charge in [0.05, 0.1) is 11.1 Å². The predicted molar refractivity (Wildman–Crippen MR) is 72.7 cm³/mol. The molecule has 0 bridgehead atoms. The molecule has 2 rings (SSSR count). The van der Waals surface area contributed by atoms with Gasteiger partial charge in [-0.2, -0.15) is 0 Å². The van der Waals surface area contributed by atoms with Gasteiger partial charge in [-0.25, -0.2) is 4.79 Å². The van der Waals surface area contributed by atoms with Gasteiger partial charge in [-0.15, -0.1) is 0 Å². The Kier molecular flexibility index (Phi) is 3.53. The molecule has 0 amide bonds. The summed E-state index contributed by atoms with van der Waals surface area (Å²) in [7, 11) is 0. The summed E-state index contributed by atoms with van der Waals surface area (Å²) in [4.78, 5) is 23.5. The summed E-state index contributed by atoms with van der Waals surface area (Å²) < 4.78 is 0. The summed E-state index contributed by atoms with van der Waals surface area (Å²) in [6.45, 7) is 0. The number of anilines is 1. The topological polar surface area (TPSA) is 80.4 Å². The Hall–Kier alpha value is -2.33. The van der Waals surface area contributed by atoms with Crippen LogP contribution in [0.1, 0.15) is 26.3 Å². The standard InChI is InChI=1S/C14H10ClNO3/c15-9-6-4-8(5-7-9)13(17)12-10(14(18)19)2-1-3-11(12)16/h1-7H,16H2,(H,18,19). The van der Waals surface area contributed by atoms with Gasteiger partial charge in [0.25, 0.3) is 0 Å². The first kappa shape index (κ1) is 13.1. The maximum Gasteiger partial charge on any atom is 0.336 e. The Bertz CT molecular complexity index is 650. The Morgan fingerprint density at radius 3 is 2.26 bits per heavy atom. The number of benzene rings is 2. The number of aromatic carboxylic acids is 1. The molecule has 4 nitrogen and oxygen atoms in total. The average Bonchev–Trinajstić information content (AvgIpc) is 2.38. The monoisotopic (exact) mass is 275 g/mol. The van der Waals surface area contributed by atoms with E-state index >= 15 is 0 Å². The van der Waals surface area contributed by atoms with E-state index in [-0.39, 0.29) is 16.8 Å². The zero-order valence-corrected chi connectivity index (χ0v) is 10.5. The third-order valence-electron chi connectivity index (χ3n) is 2.66. The molecule has 0 unspecified atom stereocenters. The molecular weight excluding hydrogens is 266 g/mol. The van der Waals surface area contributed by atoms with Gasteiger partial charge in [0, 0.05) is 16.3 Å². The van der Waals surface area contributed by atoms with Crippen molar-refractivity contribution in [1.82, 2.24) is 0 Å². The molecule has 0 aliphatic carbocycles. The molecule has 3 N–H and O–H groups in total. The normalized spacial score (nSPS) is 10.2. The van der Waals surface area contributed by atoms with E-state index in [1.165, 1.54) is 30.3 Å². The summed E-state index contributed by atoms with van der Waals surface area (Å²) >= 11 is 5.75. The van der Waals surface area contributed by atoms with E-state index < -0.39 is 11.8 Å². The Labute approximate surface area is 114 Å². The fourth-order valence-electron chi connectivity index (χ4n) is 1.75. The highest BCUT2D eigenvalue weighted by molar-refractivity contribution is 6.30. The molecule has 5 heteroatoms. The molecule has 0 saturated carbocycles. The van der Waals surface area contributed by atoms with E-state index in [0.29, 0.717) is 10.6 Å². The summed E-state index contributed by atoms with van der Waals surface area (Å²) in [6, 6.07) is 10.5. The molecule has 0 fully saturated rings. The van der Waals surface area contributed by atoms with Crippen molar-refractivity contribution in [3.05, 3.63) is 64.2 Å². The fourth-order valence-corrected chi connectivity index (χ4v) is 1.87. The van der Waals surface area contributed by atoms with E-state index in [2.05, 4.69) is 0 Å². The van der Waals surface area contributed by atoms with E-state index in [4.69, 9.17) is 22.4 Å². The first-order chi connectivity index (χ1) is 9.00. The highest BCUT2D eigenvalue weighted by Gasteiger charge is 2.20. The summed E-state index contributed by atoms with van der Waals surface area (Å²) in [5.41, 5.74) is 6.08. The Morgan fingerprint density at radius 2 is 1.68 bits per heavy atom. The third-order valence-corrected chi connectivity index (χ3v) is 2.91. The lowest BCUT2D eigenvalue weighted by Crippen LogP contribution is -2.12. The van der Waals surface area contributed by atoms with Crippen LogP contribution >= 0.6 is 11.6 Å². The van der Waals surface area contributed by atoms with Gasteiger partial charge in [0.2, 0.25) is 0 Å². The first-order valence-electron chi connectivity index (χ1n) is 5.42. The number of carboxylic acid groups (broad SMARTS) is 1. The van der Waals surface area contributed by atoms with Gasteiger partial charge in [-0.05, 0) is 36.4 Å². The van der Waals surface area contributed by atoms with Crippen LogP contribution in [0.2, 0.25) is 5.02 Å². The molecule has 19 heavy (non-hydrogen) atoms. The van der Waals surface area contributed by atoms with Crippen LogP contribution in [-0.4, -0.2) is 16.9 Å². The zero-order chi connectivity index (χ0) is 14.0. The van der Waals surface area contributed by atoms with Crippen molar-refractivity contribution in [3.8, 4) is 0 Å². The maximum atomic E-state index is 12.3. The lowest BCUT2D eigenvalue weighted by Gasteiger charge is -2.08. The number of hydrogen-bond donors (Lipinski definition) is 2. The van der Waals surface area contributed by atoms with Crippen molar-refractivity contribution in [3.63, 3.8) is 0 Å². The van der Waals surface area contributed by atoms with Gasteiger partial charge in [-0.1, -0.05) is 17.7 Å². The second-order valence-corrected chi connectivity index (χ2v) is 4.35. The summed E-state index contributed by atoms with van der Waals surface area (Å²) in [6.07, 6.45) is 0. The molecule has 0 heterocycles. The van der Waals surface area contributed by atoms with E-state index in [1.807, 2.05) is 0 Å². The molecular formula is C14H10ClNO3. The highest BCUT2D eigenvalue weighted by atomic mass is 35.5. The predicted octanol–water partition coefficient (Wildman–Crippen LogP) is 2.85. The molecule has 0 radical (unpaired) electrons. The number of carboxylic acids is 1. The lowest BCUT2D eigenvalue weighted by molar-refractivity contribution is 0.0693. The lowest BCUT2D eigenvalue weighted by atomic mass is 9.97. The van der Waals surface area contributed by atoms with Gasteiger partial charge in [-0.3, -0.25) is 4.79 Å². The van der Waals surface area contributed by atoms with E-state index in [0.717, 1.165) is 0 Å². The van der Waals surface area contributed by atoms with Crippen molar-refractivity contribution in [2.75, 3.05) is 5.73 Å². The Balaban J connectivity index is 2.55. The molecule has 0 aromatic heterocycles. The van der Waals surface area contributed by atoms with Gasteiger partial charge < -0.3 is 10.8 Å². The quantitative estimate of drug-likeness (QED) is 0.667. The summed E-state index contributed by atoms with van der Waals surface area (Å²) in [5.74, 6) is -1.63. The van der Waals surface area contributed by atoms with E-state index in [9.17, 15) is 9.59 Å². The SMILES string of the molecule is Nc1cccc(C(=O)O)c1C(=O)c1ccc(Cl)cc1. The molecule has 0 saturated heterocycles. The molecule has 2 aromatic carbocycles. The van der Waals surface area contributed by atoms with Crippen LogP contribution in [0, 0.1) is 0 Å². The van der Waals surface area contributed by atoms with Crippen LogP contribution in [0.25, 0.3) is 0 Å². The minimum Gasteiger partial charge on any atom is -0.478 e. The molecule has 96 valence electrons. The largest absolute Gasteiger partial charge is 0.478 e. The van der Waals surface area contributed by atoms with Crippen molar-refractivity contribution in [2.45, 2.75) is 0 Å². The number of ketones is 1. The number of hydrogen-bond acceptors (Lipinski definition) is 3. The molecule has 0 aliphatic heterocycles. The Morgan fingerprint density at radius 1 is 1.05 bits per heavy atom. The minimum absolute atomic E-state index is 0.00248. The third kappa shape index (κ3) is 2.58. The molecule has 0 aliphatic rings. The van der Waals surface area contributed by atoms with Crippen LogP contribution in [0.5, 0.6) is 0 Å². The first-order valence-corrected chi connectivity index (χ1v) is 5.80. The molecule has 2 aromatic rings. The van der Waals surface area contributed by atoms with Gasteiger partial charge in [0.15, 0.2) is 5.78 Å². The molecule has 0 spiro atoms. The summed E-state index contributed by atoms with van der Waals surface area (Å²) in [5, 5.41) is 9.60. The maximum absolute atomic E-state index is 12.3.